The fourth-order valence-corrected chi connectivity index (χ4v) is 4.12. The van der Waals surface area contributed by atoms with Gasteiger partial charge in [-0.3, -0.25) is 0 Å². The zero-order valence-electron chi connectivity index (χ0n) is 11.0. The van der Waals surface area contributed by atoms with E-state index in [0.717, 1.165) is 16.0 Å². The first kappa shape index (κ1) is 14.2. The van der Waals surface area contributed by atoms with Crippen molar-refractivity contribution in [3.8, 4) is 0 Å². The molecule has 1 aliphatic carbocycles. The Kier molecular flexibility index (Phi) is 5.87. The second-order valence-corrected chi connectivity index (χ2v) is 6.76. The summed E-state index contributed by atoms with van der Waals surface area (Å²) >= 11 is 8.07. The fourth-order valence-electron chi connectivity index (χ4n) is 2.51. The average molecular weight is 284 g/mol. The molecule has 1 atom stereocenters. The summed E-state index contributed by atoms with van der Waals surface area (Å²) in [4.78, 5) is 0. The van der Waals surface area contributed by atoms with Crippen LogP contribution in [0.1, 0.15) is 43.7 Å². The molecule has 1 aromatic rings. The molecule has 0 bridgehead atoms. The fraction of sp³-hybridized carbons (Fsp3) is 0.600. The number of rotatable bonds is 5. The van der Waals surface area contributed by atoms with Crippen LogP contribution in [0.4, 0.5) is 0 Å². The number of nitrogens with one attached hydrogen (secondary N) is 1. The average Bonchev–Trinajstić information content (AvgIpc) is 2.42. The summed E-state index contributed by atoms with van der Waals surface area (Å²) in [5.41, 5.74) is 1.34. The van der Waals surface area contributed by atoms with E-state index in [1.807, 2.05) is 19.2 Å². The van der Waals surface area contributed by atoms with Gasteiger partial charge in [0.15, 0.2) is 0 Å². The number of benzene rings is 1. The molecule has 18 heavy (non-hydrogen) atoms. The van der Waals surface area contributed by atoms with Gasteiger partial charge in [0.05, 0.1) is 0 Å². The highest BCUT2D eigenvalue weighted by molar-refractivity contribution is 7.99. The summed E-state index contributed by atoms with van der Waals surface area (Å²) in [6.07, 6.45) is 7.08. The highest BCUT2D eigenvalue weighted by Gasteiger charge is 2.16. The van der Waals surface area contributed by atoms with Crippen molar-refractivity contribution >= 4 is 23.4 Å². The summed E-state index contributed by atoms with van der Waals surface area (Å²) in [7, 11) is 2.04. The van der Waals surface area contributed by atoms with Crippen molar-refractivity contribution in [1.82, 2.24) is 5.32 Å². The predicted octanol–water partition coefficient (Wildman–Crippen LogP) is 4.67. The number of hydrogen-bond donors (Lipinski definition) is 1. The second kappa shape index (κ2) is 7.42. The molecule has 0 aliphatic heterocycles. The predicted molar refractivity (Wildman–Crippen MR) is 82.6 cm³/mol. The lowest BCUT2D eigenvalue weighted by Crippen LogP contribution is -2.20. The molecule has 1 unspecified atom stereocenters. The summed E-state index contributed by atoms with van der Waals surface area (Å²) in [5.74, 6) is 1.16. The zero-order valence-corrected chi connectivity index (χ0v) is 12.6. The standard InChI is InChI=1S/C15H22ClNS/c1-17-15(12-7-9-13(16)10-8-12)11-18-14-5-3-2-4-6-14/h7-10,14-15,17H,2-6,11H2,1H3. The molecule has 3 heteroatoms. The van der Waals surface area contributed by atoms with E-state index >= 15 is 0 Å². The van der Waals surface area contributed by atoms with E-state index in [9.17, 15) is 0 Å². The molecule has 1 saturated carbocycles. The van der Waals surface area contributed by atoms with Crippen LogP contribution in [0.5, 0.6) is 0 Å². The maximum Gasteiger partial charge on any atom is 0.0409 e. The maximum absolute atomic E-state index is 5.93. The molecule has 1 aliphatic rings. The van der Waals surface area contributed by atoms with Crippen LogP contribution in [-0.2, 0) is 0 Å². The number of thioether (sulfide) groups is 1. The first-order valence-electron chi connectivity index (χ1n) is 6.84. The van der Waals surface area contributed by atoms with E-state index in [2.05, 4.69) is 29.2 Å². The van der Waals surface area contributed by atoms with E-state index in [1.54, 1.807) is 0 Å². The van der Waals surface area contributed by atoms with Crippen LogP contribution >= 0.6 is 23.4 Å². The SMILES string of the molecule is CNC(CSC1CCCCC1)c1ccc(Cl)cc1. The van der Waals surface area contributed by atoms with Gasteiger partial charge in [-0.05, 0) is 37.6 Å². The molecule has 2 rings (SSSR count). The lowest BCUT2D eigenvalue weighted by atomic mass is 10.0. The molecule has 0 aromatic heterocycles. The van der Waals surface area contributed by atoms with Gasteiger partial charge in [-0.25, -0.2) is 0 Å². The lowest BCUT2D eigenvalue weighted by molar-refractivity contribution is 0.515. The topological polar surface area (TPSA) is 12.0 Å². The Bertz CT molecular complexity index is 346. The van der Waals surface area contributed by atoms with Gasteiger partial charge in [-0.1, -0.05) is 43.0 Å². The number of hydrogen-bond acceptors (Lipinski definition) is 2. The molecule has 0 saturated heterocycles. The minimum atomic E-state index is 0.439. The van der Waals surface area contributed by atoms with Gasteiger partial charge in [0.2, 0.25) is 0 Å². The van der Waals surface area contributed by atoms with Crippen molar-refractivity contribution in [2.45, 2.75) is 43.4 Å². The maximum atomic E-state index is 5.93. The van der Waals surface area contributed by atoms with Gasteiger partial charge in [0.25, 0.3) is 0 Å². The van der Waals surface area contributed by atoms with Crippen LogP contribution in [0.25, 0.3) is 0 Å². The first-order chi connectivity index (χ1) is 8.79. The molecule has 0 amide bonds. The lowest BCUT2D eigenvalue weighted by Gasteiger charge is -2.24. The van der Waals surface area contributed by atoms with Gasteiger partial charge in [-0.15, -0.1) is 0 Å². The van der Waals surface area contributed by atoms with Crippen molar-refractivity contribution in [3.05, 3.63) is 34.9 Å². The van der Waals surface area contributed by atoms with Crippen molar-refractivity contribution < 1.29 is 0 Å². The molecule has 0 spiro atoms. The van der Waals surface area contributed by atoms with Crippen molar-refractivity contribution in [1.29, 1.82) is 0 Å². The van der Waals surface area contributed by atoms with Crippen LogP contribution < -0.4 is 5.32 Å². The molecule has 1 nitrogen and oxygen atoms in total. The quantitative estimate of drug-likeness (QED) is 0.843. The van der Waals surface area contributed by atoms with Gasteiger partial charge in [0.1, 0.15) is 0 Å². The Labute approximate surface area is 120 Å². The number of halogens is 1. The zero-order chi connectivity index (χ0) is 12.8. The third-order valence-corrected chi connectivity index (χ3v) is 5.39. The van der Waals surface area contributed by atoms with E-state index in [-0.39, 0.29) is 0 Å². The van der Waals surface area contributed by atoms with Crippen LogP contribution in [-0.4, -0.2) is 18.1 Å². The summed E-state index contributed by atoms with van der Waals surface area (Å²) in [6.45, 7) is 0. The molecule has 1 aromatic carbocycles. The van der Waals surface area contributed by atoms with E-state index in [4.69, 9.17) is 11.6 Å². The Morgan fingerprint density at radius 2 is 1.89 bits per heavy atom. The highest BCUT2D eigenvalue weighted by Crippen LogP contribution is 2.31. The Balaban J connectivity index is 1.86. The Morgan fingerprint density at radius 1 is 1.22 bits per heavy atom. The summed E-state index contributed by atoms with van der Waals surface area (Å²) in [6, 6.07) is 8.66. The molecular weight excluding hydrogens is 262 g/mol. The van der Waals surface area contributed by atoms with Crippen LogP contribution in [0.15, 0.2) is 24.3 Å². The van der Waals surface area contributed by atoms with Gasteiger partial charge in [0, 0.05) is 22.1 Å². The largest absolute Gasteiger partial charge is 0.312 e. The second-order valence-electron chi connectivity index (χ2n) is 4.99. The van der Waals surface area contributed by atoms with E-state index < -0.39 is 0 Å². The minimum absolute atomic E-state index is 0.439. The minimum Gasteiger partial charge on any atom is -0.312 e. The Morgan fingerprint density at radius 3 is 2.50 bits per heavy atom. The van der Waals surface area contributed by atoms with Gasteiger partial charge in [-0.2, -0.15) is 11.8 Å². The van der Waals surface area contributed by atoms with Crippen molar-refractivity contribution in [3.63, 3.8) is 0 Å². The van der Waals surface area contributed by atoms with Crippen molar-refractivity contribution in [2.24, 2.45) is 0 Å². The molecule has 1 N–H and O–H groups in total. The third kappa shape index (κ3) is 4.18. The molecule has 0 radical (unpaired) electrons. The van der Waals surface area contributed by atoms with Crippen molar-refractivity contribution in [2.75, 3.05) is 12.8 Å². The smallest absolute Gasteiger partial charge is 0.0409 e. The third-order valence-electron chi connectivity index (χ3n) is 3.67. The molecular formula is C15H22ClNS. The normalized spacial score (nSPS) is 18.8. The molecule has 0 heterocycles. The van der Waals surface area contributed by atoms with Gasteiger partial charge < -0.3 is 5.32 Å². The summed E-state index contributed by atoms with van der Waals surface area (Å²) in [5, 5.41) is 5.10. The van der Waals surface area contributed by atoms with Crippen LogP contribution in [0.2, 0.25) is 5.02 Å². The highest BCUT2D eigenvalue weighted by atomic mass is 35.5. The molecule has 1 fully saturated rings. The molecule has 100 valence electrons. The first-order valence-corrected chi connectivity index (χ1v) is 8.26. The van der Waals surface area contributed by atoms with E-state index in [0.29, 0.717) is 6.04 Å². The van der Waals surface area contributed by atoms with Crippen LogP contribution in [0.3, 0.4) is 0 Å². The Hall–Kier alpha value is -0.180. The summed E-state index contributed by atoms with van der Waals surface area (Å²) < 4.78 is 0. The van der Waals surface area contributed by atoms with Gasteiger partial charge >= 0.3 is 0 Å². The monoisotopic (exact) mass is 283 g/mol. The van der Waals surface area contributed by atoms with Crippen LogP contribution in [0, 0.1) is 0 Å². The van der Waals surface area contributed by atoms with E-state index in [1.165, 1.54) is 37.7 Å².